The molecule has 488 valence electrons. The molecular formula is C79H154O3. The van der Waals surface area contributed by atoms with Crippen LogP contribution in [0.2, 0.25) is 0 Å². The van der Waals surface area contributed by atoms with Gasteiger partial charge in [0.15, 0.2) is 0 Å². The van der Waals surface area contributed by atoms with Crippen LogP contribution < -0.4 is 0 Å². The van der Waals surface area contributed by atoms with Gasteiger partial charge in [-0.05, 0) is 49.4 Å². The van der Waals surface area contributed by atoms with E-state index >= 15 is 0 Å². The van der Waals surface area contributed by atoms with E-state index in [4.69, 9.17) is 0 Å². The van der Waals surface area contributed by atoms with Crippen molar-refractivity contribution in [2.24, 2.45) is 29.6 Å². The fourth-order valence-electron chi connectivity index (χ4n) is 14.8. The molecule has 4 unspecified atom stereocenters. The SMILES string of the molecule is CCCCCCCCCCCCCCCCCCCCCCCC[C@@H](C(=O)O)[C@H](O)CCCCCCCCCCCCCCCCCC1CC1CCCCCCCCCCC1CC1CCCCCCCCCCCCCCCCCCC. The molecule has 0 aromatic heterocycles. The molecule has 2 aliphatic carbocycles. The molecule has 2 fully saturated rings. The minimum Gasteiger partial charge on any atom is -0.481 e. The predicted molar refractivity (Wildman–Crippen MR) is 366 cm³/mol. The zero-order chi connectivity index (χ0) is 58.5. The zero-order valence-electron chi connectivity index (χ0n) is 56.8. The average Bonchev–Trinajstić information content (AvgIpc) is 4.58. The molecule has 0 heterocycles. The van der Waals surface area contributed by atoms with Gasteiger partial charge in [0.2, 0.25) is 0 Å². The van der Waals surface area contributed by atoms with Gasteiger partial charge in [0.05, 0.1) is 12.0 Å². The summed E-state index contributed by atoms with van der Waals surface area (Å²) in [4.78, 5) is 12.0. The van der Waals surface area contributed by atoms with E-state index in [0.29, 0.717) is 12.8 Å². The lowest BCUT2D eigenvalue weighted by atomic mass is 9.91. The Morgan fingerprint density at radius 2 is 0.415 bits per heavy atom. The molecule has 0 saturated heterocycles. The van der Waals surface area contributed by atoms with Gasteiger partial charge in [-0.3, -0.25) is 4.79 Å². The van der Waals surface area contributed by atoms with Gasteiger partial charge in [-0.25, -0.2) is 0 Å². The Morgan fingerprint density at radius 1 is 0.256 bits per heavy atom. The van der Waals surface area contributed by atoms with Crippen LogP contribution in [-0.2, 0) is 4.79 Å². The van der Waals surface area contributed by atoms with Gasteiger partial charge in [0, 0.05) is 0 Å². The van der Waals surface area contributed by atoms with Crippen molar-refractivity contribution in [3.63, 3.8) is 0 Å². The molecule has 0 bridgehead atoms. The number of hydrogen-bond acceptors (Lipinski definition) is 2. The van der Waals surface area contributed by atoms with E-state index in [1.807, 2.05) is 0 Å². The number of hydrogen-bond donors (Lipinski definition) is 2. The summed E-state index contributed by atoms with van der Waals surface area (Å²) in [7, 11) is 0. The third-order valence-corrected chi connectivity index (χ3v) is 20.9. The van der Waals surface area contributed by atoms with Crippen molar-refractivity contribution in [3.05, 3.63) is 0 Å². The van der Waals surface area contributed by atoms with Crippen molar-refractivity contribution >= 4 is 5.97 Å². The fraction of sp³-hybridized carbons (Fsp3) is 0.987. The first-order valence-electron chi connectivity index (χ1n) is 39.5. The molecule has 82 heavy (non-hydrogen) atoms. The third kappa shape index (κ3) is 53.7. The highest BCUT2D eigenvalue weighted by atomic mass is 16.4. The van der Waals surface area contributed by atoms with Crippen LogP contribution in [-0.4, -0.2) is 22.3 Å². The summed E-state index contributed by atoms with van der Waals surface area (Å²) < 4.78 is 0. The van der Waals surface area contributed by atoms with Crippen LogP contribution in [0.3, 0.4) is 0 Å². The van der Waals surface area contributed by atoms with Gasteiger partial charge >= 0.3 is 5.97 Å². The van der Waals surface area contributed by atoms with E-state index in [0.717, 1.165) is 49.4 Å². The van der Waals surface area contributed by atoms with Crippen LogP contribution in [0.4, 0.5) is 0 Å². The molecule has 0 aliphatic heterocycles. The third-order valence-electron chi connectivity index (χ3n) is 20.9. The van der Waals surface area contributed by atoms with Gasteiger partial charge in [-0.1, -0.05) is 438 Å². The Morgan fingerprint density at radius 3 is 0.598 bits per heavy atom. The highest BCUT2D eigenvalue weighted by Gasteiger charge is 2.36. The highest BCUT2D eigenvalue weighted by molar-refractivity contribution is 5.70. The van der Waals surface area contributed by atoms with E-state index in [1.165, 1.54) is 385 Å². The minimum absolute atomic E-state index is 0.581. The molecule has 0 radical (unpaired) electrons. The number of rotatable bonds is 72. The summed E-state index contributed by atoms with van der Waals surface area (Å²) in [6.07, 6.45) is 97.5. The lowest BCUT2D eigenvalue weighted by Gasteiger charge is -2.19. The molecular weight excluding hydrogens is 997 g/mol. The molecule has 3 nitrogen and oxygen atoms in total. The molecule has 0 aromatic carbocycles. The van der Waals surface area contributed by atoms with Crippen molar-refractivity contribution in [1.82, 2.24) is 0 Å². The largest absolute Gasteiger partial charge is 0.481 e. The molecule has 2 rings (SSSR count). The Bertz CT molecular complexity index is 1250. The van der Waals surface area contributed by atoms with Crippen molar-refractivity contribution in [2.45, 2.75) is 469 Å². The lowest BCUT2D eigenvalue weighted by molar-refractivity contribution is -0.146. The fourth-order valence-corrected chi connectivity index (χ4v) is 14.8. The molecule has 2 aliphatic rings. The lowest BCUT2D eigenvalue weighted by Crippen LogP contribution is -2.28. The predicted octanol–water partition coefficient (Wildman–Crippen LogP) is 27.9. The van der Waals surface area contributed by atoms with Crippen molar-refractivity contribution in [1.29, 1.82) is 0 Å². The van der Waals surface area contributed by atoms with Gasteiger partial charge < -0.3 is 10.2 Å². The minimum atomic E-state index is -0.796. The Hall–Kier alpha value is -0.570. The first kappa shape index (κ1) is 77.5. The maximum atomic E-state index is 12.0. The van der Waals surface area contributed by atoms with Crippen LogP contribution >= 0.6 is 0 Å². The quantitative estimate of drug-likeness (QED) is 0.0597. The maximum Gasteiger partial charge on any atom is 0.309 e. The molecule has 2 N–H and O–H groups in total. The smallest absolute Gasteiger partial charge is 0.309 e. The van der Waals surface area contributed by atoms with Crippen molar-refractivity contribution in [3.8, 4) is 0 Å². The van der Waals surface area contributed by atoms with Gasteiger partial charge in [-0.15, -0.1) is 0 Å². The zero-order valence-corrected chi connectivity index (χ0v) is 56.8. The molecule has 0 aromatic rings. The average molecular weight is 1150 g/mol. The van der Waals surface area contributed by atoms with E-state index in [9.17, 15) is 15.0 Å². The standard InChI is InChI=1S/C79H154O3/c1-3-5-7-9-11-13-15-17-19-21-22-23-24-25-27-31-35-39-43-51-57-63-69-77(79(81)82)78(80)70-64-58-52-44-40-36-32-28-30-34-38-42-48-54-60-66-74-72-76(74)68-62-56-50-46-45-49-55-61-67-75-71-73(75)65-59-53-47-41-37-33-29-26-20-18-16-14-12-10-8-6-4-2/h73-78,80H,3-72H2,1-2H3,(H,81,82)/t73?,74?,75?,76?,77-,78-/m1/s1. The summed E-state index contributed by atoms with van der Waals surface area (Å²) in [5.41, 5.74) is 0. The number of carboxylic acids is 1. The number of unbranched alkanes of at least 4 members (excludes halogenated alkanes) is 58. The first-order chi connectivity index (χ1) is 40.6. The summed E-state index contributed by atoms with van der Waals surface area (Å²) >= 11 is 0. The molecule has 0 spiro atoms. The summed E-state index contributed by atoms with van der Waals surface area (Å²) in [5, 5.41) is 20.6. The normalized spacial score (nSPS) is 17.5. The Kier molecular flexibility index (Phi) is 58.7. The van der Waals surface area contributed by atoms with Crippen LogP contribution in [0, 0.1) is 29.6 Å². The van der Waals surface area contributed by atoms with Gasteiger partial charge in [-0.2, -0.15) is 0 Å². The van der Waals surface area contributed by atoms with Crippen LogP contribution in [0.25, 0.3) is 0 Å². The number of aliphatic carboxylic acids is 1. The van der Waals surface area contributed by atoms with Crippen molar-refractivity contribution in [2.75, 3.05) is 0 Å². The number of aliphatic hydroxyl groups is 1. The second kappa shape index (κ2) is 62.1. The van der Waals surface area contributed by atoms with E-state index < -0.39 is 18.0 Å². The van der Waals surface area contributed by atoms with Crippen LogP contribution in [0.15, 0.2) is 0 Å². The maximum absolute atomic E-state index is 12.0. The molecule has 0 amide bonds. The number of aliphatic hydroxyl groups excluding tert-OH is 1. The van der Waals surface area contributed by atoms with E-state index in [1.54, 1.807) is 25.7 Å². The Labute approximate surface area is 517 Å². The molecule has 6 atom stereocenters. The van der Waals surface area contributed by atoms with E-state index in [-0.39, 0.29) is 0 Å². The highest BCUT2D eigenvalue weighted by Crippen LogP contribution is 2.47. The second-order valence-corrected chi connectivity index (χ2v) is 29.0. The topological polar surface area (TPSA) is 57.5 Å². The van der Waals surface area contributed by atoms with Crippen LogP contribution in [0.5, 0.6) is 0 Å². The van der Waals surface area contributed by atoms with E-state index in [2.05, 4.69) is 13.8 Å². The van der Waals surface area contributed by atoms with Gasteiger partial charge in [0.25, 0.3) is 0 Å². The number of carboxylic acid groups (broad SMARTS) is 1. The molecule has 3 heteroatoms. The van der Waals surface area contributed by atoms with Crippen molar-refractivity contribution < 1.29 is 15.0 Å². The molecule has 2 saturated carbocycles. The van der Waals surface area contributed by atoms with Gasteiger partial charge in [0.1, 0.15) is 0 Å². The summed E-state index contributed by atoms with van der Waals surface area (Å²) in [5.74, 6) is 3.05. The summed E-state index contributed by atoms with van der Waals surface area (Å²) in [6.45, 7) is 4.61. The first-order valence-corrected chi connectivity index (χ1v) is 39.5. The summed E-state index contributed by atoms with van der Waals surface area (Å²) in [6, 6.07) is 0. The van der Waals surface area contributed by atoms with Crippen LogP contribution in [0.1, 0.15) is 463 Å². The Balaban J connectivity index is 1.19. The second-order valence-electron chi connectivity index (χ2n) is 29.0. The monoisotopic (exact) mass is 1150 g/mol. The number of carbonyl (C=O) groups is 1.